The number of Topliss-reactive ketones (excluding diaryl/α,β-unsaturated/α-hetero) is 1. The van der Waals surface area contributed by atoms with Gasteiger partial charge < -0.3 is 14.4 Å². The maximum atomic E-state index is 13.4. The van der Waals surface area contributed by atoms with E-state index >= 15 is 0 Å². The van der Waals surface area contributed by atoms with Gasteiger partial charge in [0.2, 0.25) is 6.10 Å². The van der Waals surface area contributed by atoms with Gasteiger partial charge in [0, 0.05) is 30.1 Å². The Hall–Kier alpha value is -3.60. The molecular weight excluding hydrogens is 402 g/mol. The number of piperidine rings is 1. The Morgan fingerprint density at radius 2 is 1.41 bits per heavy atom. The average molecular weight is 430 g/mol. The number of ether oxygens (including phenoxy) is 2. The van der Waals surface area contributed by atoms with Crippen molar-refractivity contribution in [3.05, 3.63) is 96.1 Å². The third-order valence-corrected chi connectivity index (χ3v) is 5.88. The van der Waals surface area contributed by atoms with Gasteiger partial charge in [0.1, 0.15) is 11.5 Å². The summed E-state index contributed by atoms with van der Waals surface area (Å²) in [6.07, 6.45) is 0.569. The first kappa shape index (κ1) is 21.6. The summed E-state index contributed by atoms with van der Waals surface area (Å²) in [6.45, 7) is 1.07. The van der Waals surface area contributed by atoms with Crippen molar-refractivity contribution >= 4 is 11.7 Å². The van der Waals surface area contributed by atoms with E-state index in [1.54, 1.807) is 31.4 Å². The summed E-state index contributed by atoms with van der Waals surface area (Å²) < 4.78 is 11.3. The lowest BCUT2D eigenvalue weighted by Gasteiger charge is -2.34. The minimum atomic E-state index is -0.715. The van der Waals surface area contributed by atoms with Gasteiger partial charge in [-0.2, -0.15) is 0 Å². The first-order valence-electron chi connectivity index (χ1n) is 10.9. The third kappa shape index (κ3) is 4.99. The normalized spacial score (nSPS) is 15.1. The number of likely N-dealkylation sites (tertiary alicyclic amines) is 1. The summed E-state index contributed by atoms with van der Waals surface area (Å²) in [5.74, 6) is 1.35. The molecule has 1 fully saturated rings. The van der Waals surface area contributed by atoms with Crippen LogP contribution in [0.25, 0.3) is 0 Å². The highest BCUT2D eigenvalue weighted by Gasteiger charge is 2.33. The van der Waals surface area contributed by atoms with Crippen molar-refractivity contribution in [3.8, 4) is 11.5 Å². The second-order valence-corrected chi connectivity index (χ2v) is 7.91. The van der Waals surface area contributed by atoms with Gasteiger partial charge in [0.25, 0.3) is 5.91 Å². The van der Waals surface area contributed by atoms with Crippen LogP contribution in [0.4, 0.5) is 0 Å². The molecule has 32 heavy (non-hydrogen) atoms. The average Bonchev–Trinajstić information content (AvgIpc) is 2.88. The first-order valence-corrected chi connectivity index (χ1v) is 10.9. The van der Waals surface area contributed by atoms with Gasteiger partial charge in [-0.15, -0.1) is 0 Å². The van der Waals surface area contributed by atoms with Gasteiger partial charge in [-0.1, -0.05) is 48.5 Å². The molecule has 1 unspecified atom stereocenters. The number of para-hydroxylation sites is 1. The van der Waals surface area contributed by atoms with Crippen molar-refractivity contribution in [2.45, 2.75) is 18.9 Å². The highest BCUT2D eigenvalue weighted by Crippen LogP contribution is 2.28. The van der Waals surface area contributed by atoms with Crippen LogP contribution < -0.4 is 9.47 Å². The molecule has 1 saturated heterocycles. The van der Waals surface area contributed by atoms with Gasteiger partial charge in [0.15, 0.2) is 5.78 Å². The summed E-state index contributed by atoms with van der Waals surface area (Å²) >= 11 is 0. The number of carbonyl (C=O) groups is 2. The van der Waals surface area contributed by atoms with E-state index < -0.39 is 6.10 Å². The standard InChI is InChI=1S/C27H27NO4/c1-31-23-14-12-20(13-15-23)25(29)21-16-18-28(19-17-21)27(30)26(22-8-4-2-5-9-22)32-24-10-6-3-7-11-24/h2-15,21,26H,16-19H2,1H3. The quantitative estimate of drug-likeness (QED) is 0.500. The summed E-state index contributed by atoms with van der Waals surface area (Å²) in [5.41, 5.74) is 1.50. The highest BCUT2D eigenvalue weighted by molar-refractivity contribution is 5.98. The maximum Gasteiger partial charge on any atom is 0.268 e. The van der Waals surface area contributed by atoms with E-state index in [9.17, 15) is 9.59 Å². The predicted molar refractivity (Wildman–Crippen MR) is 123 cm³/mol. The fourth-order valence-corrected chi connectivity index (χ4v) is 4.04. The van der Waals surface area contributed by atoms with E-state index in [2.05, 4.69) is 0 Å². The minimum Gasteiger partial charge on any atom is -0.497 e. The summed E-state index contributed by atoms with van der Waals surface area (Å²) in [5, 5.41) is 0. The Labute approximate surface area is 188 Å². The van der Waals surface area contributed by atoms with Crippen LogP contribution in [0, 0.1) is 5.92 Å². The molecule has 0 radical (unpaired) electrons. The van der Waals surface area contributed by atoms with Crippen LogP contribution in [-0.4, -0.2) is 36.8 Å². The number of rotatable bonds is 7. The zero-order valence-electron chi connectivity index (χ0n) is 18.1. The predicted octanol–water partition coefficient (Wildman–Crippen LogP) is 4.94. The van der Waals surface area contributed by atoms with Gasteiger partial charge in [-0.25, -0.2) is 0 Å². The molecule has 0 spiro atoms. The van der Waals surface area contributed by atoms with Gasteiger partial charge >= 0.3 is 0 Å². The Balaban J connectivity index is 1.43. The van der Waals surface area contributed by atoms with Gasteiger partial charge in [-0.05, 0) is 49.2 Å². The highest BCUT2D eigenvalue weighted by atomic mass is 16.5. The third-order valence-electron chi connectivity index (χ3n) is 5.88. The Morgan fingerprint density at radius 1 is 0.812 bits per heavy atom. The fourth-order valence-electron chi connectivity index (χ4n) is 4.04. The molecule has 0 bridgehead atoms. The summed E-state index contributed by atoms with van der Waals surface area (Å²) in [6, 6.07) is 26.2. The number of hydrogen-bond donors (Lipinski definition) is 0. The number of benzene rings is 3. The van der Waals surface area contributed by atoms with Crippen molar-refractivity contribution in [2.24, 2.45) is 5.92 Å². The number of carbonyl (C=O) groups excluding carboxylic acids is 2. The molecule has 164 valence electrons. The van der Waals surface area contributed by atoms with E-state index in [0.29, 0.717) is 37.2 Å². The smallest absolute Gasteiger partial charge is 0.268 e. The molecule has 1 amide bonds. The van der Waals surface area contributed by atoms with Gasteiger partial charge in [0.05, 0.1) is 7.11 Å². The molecule has 5 heteroatoms. The van der Waals surface area contributed by atoms with Gasteiger partial charge in [-0.3, -0.25) is 9.59 Å². The van der Waals surface area contributed by atoms with Crippen molar-refractivity contribution in [3.63, 3.8) is 0 Å². The topological polar surface area (TPSA) is 55.8 Å². The second kappa shape index (κ2) is 10.1. The summed E-state index contributed by atoms with van der Waals surface area (Å²) in [7, 11) is 1.60. The van der Waals surface area contributed by atoms with Crippen LogP contribution >= 0.6 is 0 Å². The van der Waals surface area contributed by atoms with E-state index in [-0.39, 0.29) is 17.6 Å². The maximum absolute atomic E-state index is 13.4. The molecule has 0 aliphatic carbocycles. The van der Waals surface area contributed by atoms with Crippen molar-refractivity contribution in [1.82, 2.24) is 4.90 Å². The van der Waals surface area contributed by atoms with E-state index in [1.807, 2.05) is 65.6 Å². The van der Waals surface area contributed by atoms with E-state index in [4.69, 9.17) is 9.47 Å². The van der Waals surface area contributed by atoms with Crippen LogP contribution in [0.5, 0.6) is 11.5 Å². The molecule has 1 aliphatic heterocycles. The van der Waals surface area contributed by atoms with Crippen molar-refractivity contribution < 1.29 is 19.1 Å². The van der Waals surface area contributed by atoms with Crippen LogP contribution in [0.3, 0.4) is 0 Å². The zero-order valence-corrected chi connectivity index (χ0v) is 18.1. The Morgan fingerprint density at radius 3 is 2.00 bits per heavy atom. The molecule has 0 aromatic heterocycles. The Kier molecular flexibility index (Phi) is 6.85. The summed E-state index contributed by atoms with van der Waals surface area (Å²) in [4.78, 5) is 28.1. The van der Waals surface area contributed by atoms with Crippen molar-refractivity contribution in [1.29, 1.82) is 0 Å². The molecule has 1 heterocycles. The minimum absolute atomic E-state index is 0.0737. The first-order chi connectivity index (χ1) is 15.7. The lowest BCUT2D eigenvalue weighted by Crippen LogP contribution is -2.43. The monoisotopic (exact) mass is 429 g/mol. The largest absolute Gasteiger partial charge is 0.497 e. The molecule has 0 saturated carbocycles. The number of methoxy groups -OCH3 is 1. The van der Waals surface area contributed by atoms with Crippen LogP contribution in [0.2, 0.25) is 0 Å². The van der Waals surface area contributed by atoms with Crippen LogP contribution in [0.15, 0.2) is 84.9 Å². The molecule has 5 nitrogen and oxygen atoms in total. The van der Waals surface area contributed by atoms with Crippen LogP contribution in [-0.2, 0) is 4.79 Å². The molecule has 3 aromatic rings. The van der Waals surface area contributed by atoms with Crippen LogP contribution in [0.1, 0.15) is 34.9 Å². The molecule has 4 rings (SSSR count). The lowest BCUT2D eigenvalue weighted by atomic mass is 9.88. The number of ketones is 1. The second-order valence-electron chi connectivity index (χ2n) is 7.91. The number of amides is 1. The lowest BCUT2D eigenvalue weighted by molar-refractivity contribution is -0.140. The SMILES string of the molecule is COc1ccc(C(=O)C2CCN(C(=O)C(Oc3ccccc3)c3ccccc3)CC2)cc1. The van der Waals surface area contributed by atoms with E-state index in [1.165, 1.54) is 0 Å². The zero-order chi connectivity index (χ0) is 22.3. The fraction of sp³-hybridized carbons (Fsp3) is 0.259. The molecule has 1 aliphatic rings. The molecule has 3 aromatic carbocycles. The van der Waals surface area contributed by atoms with Crippen molar-refractivity contribution in [2.75, 3.05) is 20.2 Å². The molecule has 1 atom stereocenters. The van der Waals surface area contributed by atoms with E-state index in [0.717, 1.165) is 11.3 Å². The Bertz CT molecular complexity index is 1030. The molecule has 0 N–H and O–H groups in total. The molecular formula is C27H27NO4. The number of nitrogens with zero attached hydrogens (tertiary/aromatic N) is 1. The number of hydrogen-bond acceptors (Lipinski definition) is 4.